The molecule has 1 rings (SSSR count). The standard InChI is InChI=1S/C14H27NO2/c1-14(2,3)9-11(13(16)17-4)10-15-12-7-5-6-8-12/h11-12,15H,5-10H2,1-4H3. The highest BCUT2D eigenvalue weighted by Gasteiger charge is 2.26. The molecule has 0 aliphatic heterocycles. The summed E-state index contributed by atoms with van der Waals surface area (Å²) in [4.78, 5) is 11.7. The second kappa shape index (κ2) is 6.39. The van der Waals surface area contributed by atoms with Crippen LogP contribution in [0.3, 0.4) is 0 Å². The lowest BCUT2D eigenvalue weighted by Crippen LogP contribution is -2.36. The molecule has 17 heavy (non-hydrogen) atoms. The first-order valence-electron chi connectivity index (χ1n) is 6.73. The van der Waals surface area contributed by atoms with Crippen LogP contribution < -0.4 is 5.32 Å². The third-order valence-electron chi connectivity index (χ3n) is 3.40. The van der Waals surface area contributed by atoms with Crippen molar-refractivity contribution in [3.8, 4) is 0 Å². The predicted molar refractivity (Wildman–Crippen MR) is 69.8 cm³/mol. The maximum atomic E-state index is 11.7. The van der Waals surface area contributed by atoms with Crippen molar-refractivity contribution in [3.63, 3.8) is 0 Å². The Morgan fingerprint density at radius 2 is 1.94 bits per heavy atom. The van der Waals surface area contributed by atoms with Crippen molar-refractivity contribution in [1.82, 2.24) is 5.32 Å². The highest BCUT2D eigenvalue weighted by Crippen LogP contribution is 2.25. The lowest BCUT2D eigenvalue weighted by Gasteiger charge is -2.25. The number of rotatable bonds is 5. The van der Waals surface area contributed by atoms with Crippen LogP contribution in [0.5, 0.6) is 0 Å². The Morgan fingerprint density at radius 3 is 2.41 bits per heavy atom. The van der Waals surface area contributed by atoms with E-state index in [-0.39, 0.29) is 17.3 Å². The molecule has 1 N–H and O–H groups in total. The van der Waals surface area contributed by atoms with E-state index in [0.29, 0.717) is 6.04 Å². The van der Waals surface area contributed by atoms with Crippen LogP contribution in [-0.2, 0) is 9.53 Å². The van der Waals surface area contributed by atoms with E-state index >= 15 is 0 Å². The van der Waals surface area contributed by atoms with E-state index in [4.69, 9.17) is 4.74 Å². The number of hydrogen-bond donors (Lipinski definition) is 1. The fourth-order valence-corrected chi connectivity index (χ4v) is 2.58. The molecule has 1 atom stereocenters. The van der Waals surface area contributed by atoms with E-state index in [9.17, 15) is 4.79 Å². The van der Waals surface area contributed by atoms with Gasteiger partial charge in [0.2, 0.25) is 0 Å². The van der Waals surface area contributed by atoms with Crippen LogP contribution in [0.1, 0.15) is 52.9 Å². The van der Waals surface area contributed by atoms with Crippen LogP contribution in [0.2, 0.25) is 0 Å². The van der Waals surface area contributed by atoms with E-state index in [0.717, 1.165) is 13.0 Å². The molecule has 3 heteroatoms. The summed E-state index contributed by atoms with van der Waals surface area (Å²) >= 11 is 0. The maximum absolute atomic E-state index is 11.7. The van der Waals surface area contributed by atoms with Gasteiger partial charge >= 0.3 is 5.97 Å². The van der Waals surface area contributed by atoms with Crippen molar-refractivity contribution in [2.24, 2.45) is 11.3 Å². The summed E-state index contributed by atoms with van der Waals surface area (Å²) in [6, 6.07) is 0.613. The first kappa shape index (κ1) is 14.5. The summed E-state index contributed by atoms with van der Waals surface area (Å²) in [6.45, 7) is 7.25. The summed E-state index contributed by atoms with van der Waals surface area (Å²) in [7, 11) is 1.48. The van der Waals surface area contributed by atoms with Crippen LogP contribution in [0.25, 0.3) is 0 Å². The molecule has 1 unspecified atom stereocenters. The van der Waals surface area contributed by atoms with Crippen LogP contribution in [0, 0.1) is 11.3 Å². The monoisotopic (exact) mass is 241 g/mol. The molecule has 0 radical (unpaired) electrons. The van der Waals surface area contributed by atoms with Gasteiger partial charge in [0.1, 0.15) is 0 Å². The summed E-state index contributed by atoms with van der Waals surface area (Å²) in [5.74, 6) is -0.0916. The SMILES string of the molecule is COC(=O)C(CNC1CCCC1)CC(C)(C)C. The molecule has 1 saturated carbocycles. The Morgan fingerprint density at radius 1 is 1.35 bits per heavy atom. The van der Waals surface area contributed by atoms with Gasteiger partial charge in [-0.05, 0) is 24.7 Å². The minimum absolute atomic E-state index is 0.0133. The molecule has 3 nitrogen and oxygen atoms in total. The van der Waals surface area contributed by atoms with Gasteiger partial charge in [-0.1, -0.05) is 33.6 Å². The smallest absolute Gasteiger partial charge is 0.309 e. The summed E-state index contributed by atoms with van der Waals surface area (Å²) in [5.41, 5.74) is 0.163. The lowest BCUT2D eigenvalue weighted by molar-refractivity contribution is -0.146. The Labute approximate surface area is 105 Å². The van der Waals surface area contributed by atoms with Crippen molar-refractivity contribution in [3.05, 3.63) is 0 Å². The average molecular weight is 241 g/mol. The fourth-order valence-electron chi connectivity index (χ4n) is 2.58. The molecule has 0 amide bonds. The summed E-state index contributed by atoms with van der Waals surface area (Å²) < 4.78 is 4.89. The van der Waals surface area contributed by atoms with Gasteiger partial charge in [0.15, 0.2) is 0 Å². The number of esters is 1. The van der Waals surface area contributed by atoms with Crippen molar-refractivity contribution in [1.29, 1.82) is 0 Å². The Kier molecular flexibility index (Phi) is 5.44. The van der Waals surface area contributed by atoms with E-state index < -0.39 is 0 Å². The van der Waals surface area contributed by atoms with Gasteiger partial charge in [-0.2, -0.15) is 0 Å². The number of hydrogen-bond acceptors (Lipinski definition) is 3. The van der Waals surface area contributed by atoms with Gasteiger partial charge in [-0.15, -0.1) is 0 Å². The molecule has 0 bridgehead atoms. The number of methoxy groups -OCH3 is 1. The Balaban J connectivity index is 2.42. The molecule has 0 aromatic rings. The van der Waals surface area contributed by atoms with Crippen molar-refractivity contribution in [2.75, 3.05) is 13.7 Å². The normalized spacial score (nSPS) is 19.3. The molecule has 1 fully saturated rings. The van der Waals surface area contributed by atoms with Crippen LogP contribution >= 0.6 is 0 Å². The highest BCUT2D eigenvalue weighted by atomic mass is 16.5. The van der Waals surface area contributed by atoms with E-state index in [1.165, 1.54) is 32.8 Å². The zero-order chi connectivity index (χ0) is 12.9. The van der Waals surface area contributed by atoms with Gasteiger partial charge in [0.25, 0.3) is 0 Å². The second-order valence-electron chi connectivity index (χ2n) is 6.37. The van der Waals surface area contributed by atoms with Crippen LogP contribution in [0.15, 0.2) is 0 Å². The number of nitrogens with one attached hydrogen (secondary N) is 1. The quantitative estimate of drug-likeness (QED) is 0.752. The third-order valence-corrected chi connectivity index (χ3v) is 3.40. The fraction of sp³-hybridized carbons (Fsp3) is 0.929. The number of carbonyl (C=O) groups excluding carboxylic acids is 1. The molecule has 1 aliphatic carbocycles. The Bertz CT molecular complexity index is 239. The van der Waals surface area contributed by atoms with E-state index in [2.05, 4.69) is 26.1 Å². The largest absolute Gasteiger partial charge is 0.469 e. The minimum atomic E-state index is -0.0783. The number of carbonyl (C=O) groups is 1. The highest BCUT2D eigenvalue weighted by molar-refractivity contribution is 5.72. The molecule has 0 heterocycles. The van der Waals surface area contributed by atoms with E-state index in [1.807, 2.05) is 0 Å². The van der Waals surface area contributed by atoms with Crippen molar-refractivity contribution < 1.29 is 9.53 Å². The van der Waals surface area contributed by atoms with Crippen molar-refractivity contribution >= 4 is 5.97 Å². The summed E-state index contributed by atoms with van der Waals surface area (Å²) in [5, 5.41) is 3.52. The zero-order valence-corrected chi connectivity index (χ0v) is 11.7. The second-order valence-corrected chi connectivity index (χ2v) is 6.37. The molecular weight excluding hydrogens is 214 g/mol. The number of ether oxygens (including phenoxy) is 1. The first-order valence-corrected chi connectivity index (χ1v) is 6.73. The van der Waals surface area contributed by atoms with Crippen LogP contribution in [-0.4, -0.2) is 25.7 Å². The molecule has 0 spiro atoms. The Hall–Kier alpha value is -0.570. The third kappa shape index (κ3) is 5.53. The minimum Gasteiger partial charge on any atom is -0.469 e. The predicted octanol–water partition coefficient (Wildman–Crippen LogP) is 2.74. The zero-order valence-electron chi connectivity index (χ0n) is 11.7. The summed E-state index contributed by atoms with van der Waals surface area (Å²) in [6.07, 6.45) is 6.02. The topological polar surface area (TPSA) is 38.3 Å². The van der Waals surface area contributed by atoms with Crippen LogP contribution in [0.4, 0.5) is 0 Å². The van der Waals surface area contributed by atoms with Gasteiger partial charge in [0, 0.05) is 12.6 Å². The molecule has 0 saturated heterocycles. The van der Waals surface area contributed by atoms with Crippen molar-refractivity contribution in [2.45, 2.75) is 58.9 Å². The molecule has 1 aliphatic rings. The van der Waals surface area contributed by atoms with Gasteiger partial charge in [-0.3, -0.25) is 4.79 Å². The van der Waals surface area contributed by atoms with Gasteiger partial charge < -0.3 is 10.1 Å². The lowest BCUT2D eigenvalue weighted by atomic mass is 9.84. The molecule has 0 aromatic heterocycles. The molecule has 0 aromatic carbocycles. The van der Waals surface area contributed by atoms with E-state index in [1.54, 1.807) is 0 Å². The molecular formula is C14H27NO2. The molecule has 100 valence electrons. The first-order chi connectivity index (χ1) is 7.92. The van der Waals surface area contributed by atoms with Gasteiger partial charge in [-0.25, -0.2) is 0 Å². The van der Waals surface area contributed by atoms with Gasteiger partial charge in [0.05, 0.1) is 13.0 Å². The maximum Gasteiger partial charge on any atom is 0.309 e. The average Bonchev–Trinajstić information content (AvgIpc) is 2.74.